The lowest BCUT2D eigenvalue weighted by atomic mass is 10.1. The number of nitrogen functional groups attached to an aromatic ring is 1. The minimum atomic E-state index is -3.70. The monoisotopic (exact) mass is 583 g/mol. The van der Waals surface area contributed by atoms with Crippen molar-refractivity contribution in [3.63, 3.8) is 0 Å². The molecule has 0 amide bonds. The van der Waals surface area contributed by atoms with E-state index in [1.807, 2.05) is 13.8 Å². The van der Waals surface area contributed by atoms with Gasteiger partial charge in [-0.05, 0) is 40.0 Å². The number of fused-ring (bicyclic) bond motifs is 1. The first-order valence-electron chi connectivity index (χ1n) is 13.8. The Labute approximate surface area is 236 Å². The van der Waals surface area contributed by atoms with E-state index in [0.29, 0.717) is 17.7 Å². The van der Waals surface area contributed by atoms with Crippen molar-refractivity contribution in [1.29, 1.82) is 0 Å². The summed E-state index contributed by atoms with van der Waals surface area (Å²) in [6, 6.07) is -0.922. The molecule has 4 N–H and O–H groups in total. The van der Waals surface area contributed by atoms with Gasteiger partial charge in [-0.3, -0.25) is 14.2 Å². The maximum Gasteiger partial charge on any atom is 0.326 e. The van der Waals surface area contributed by atoms with Gasteiger partial charge < -0.3 is 24.5 Å². The van der Waals surface area contributed by atoms with E-state index in [4.69, 9.17) is 19.9 Å². The topological polar surface area (TPSA) is 173 Å². The van der Waals surface area contributed by atoms with Crippen LogP contribution in [0.25, 0.3) is 11.2 Å². The summed E-state index contributed by atoms with van der Waals surface area (Å²) >= 11 is 0. The molecule has 0 saturated heterocycles. The van der Waals surface area contributed by atoms with Crippen molar-refractivity contribution in [2.75, 3.05) is 25.3 Å². The quantitative estimate of drug-likeness (QED) is 0.132. The summed E-state index contributed by atoms with van der Waals surface area (Å²) in [4.78, 5) is 37.9. The molecule has 0 fully saturated rings. The fourth-order valence-corrected chi connectivity index (χ4v) is 6.20. The Bertz CT molecular complexity index is 1160. The molecule has 0 aliphatic rings. The summed E-state index contributed by atoms with van der Waals surface area (Å²) in [6.45, 7) is 13.3. The van der Waals surface area contributed by atoms with E-state index in [0.717, 1.165) is 25.7 Å². The Balaban J connectivity index is 2.12. The molecular weight excluding hydrogens is 537 g/mol. The van der Waals surface area contributed by atoms with Crippen LogP contribution in [0.5, 0.6) is 0 Å². The second-order valence-corrected chi connectivity index (χ2v) is 13.2. The van der Waals surface area contributed by atoms with Gasteiger partial charge in [-0.2, -0.15) is 0 Å². The predicted molar refractivity (Wildman–Crippen MR) is 153 cm³/mol. The Hall–Kier alpha value is -2.60. The highest BCUT2D eigenvalue weighted by Gasteiger charge is 2.39. The molecule has 40 heavy (non-hydrogen) atoms. The number of carbonyl (C=O) groups excluding carboxylic acids is 2. The van der Waals surface area contributed by atoms with Crippen molar-refractivity contribution in [2.24, 2.45) is 5.92 Å². The number of rotatable bonds is 18. The molecule has 0 radical (unpaired) electrons. The number of anilines is 1. The van der Waals surface area contributed by atoms with E-state index in [2.05, 4.69) is 32.1 Å². The van der Waals surface area contributed by atoms with Gasteiger partial charge in [0.25, 0.3) is 0 Å². The number of aromatic nitrogens is 4. The molecule has 2 heterocycles. The zero-order valence-corrected chi connectivity index (χ0v) is 25.7. The Morgan fingerprint density at radius 3 is 2.50 bits per heavy atom. The van der Waals surface area contributed by atoms with Crippen LogP contribution in [0.3, 0.4) is 0 Å². The van der Waals surface area contributed by atoms with E-state index < -0.39 is 37.1 Å². The van der Waals surface area contributed by atoms with Gasteiger partial charge >= 0.3 is 11.9 Å². The number of nitrogens with two attached hydrogens (primary N) is 1. The van der Waals surface area contributed by atoms with Gasteiger partial charge in [0.1, 0.15) is 29.8 Å². The summed E-state index contributed by atoms with van der Waals surface area (Å²) in [5.41, 5.74) is 5.58. The third-order valence-electron chi connectivity index (χ3n) is 5.94. The van der Waals surface area contributed by atoms with Gasteiger partial charge in [-0.1, -0.05) is 40.0 Å². The van der Waals surface area contributed by atoms with Crippen molar-refractivity contribution in [2.45, 2.75) is 98.4 Å². The van der Waals surface area contributed by atoms with E-state index >= 15 is 0 Å². The molecule has 3 atom stereocenters. The summed E-state index contributed by atoms with van der Waals surface area (Å²) in [7, 11) is -3.70. The minimum Gasteiger partial charge on any atom is -0.464 e. The molecule has 2 rings (SSSR count). The number of hydrogen-bond donors (Lipinski definition) is 3. The summed E-state index contributed by atoms with van der Waals surface area (Å²) < 4.78 is 32.6. The maximum absolute atomic E-state index is 14.1. The average molecular weight is 584 g/mol. The zero-order valence-electron chi connectivity index (χ0n) is 24.8. The molecule has 0 aliphatic heterocycles. The highest BCUT2D eigenvalue weighted by atomic mass is 31.2. The van der Waals surface area contributed by atoms with Crippen molar-refractivity contribution in [3.05, 3.63) is 12.7 Å². The largest absolute Gasteiger partial charge is 0.464 e. The van der Waals surface area contributed by atoms with E-state index in [1.165, 1.54) is 6.33 Å². The smallest absolute Gasteiger partial charge is 0.326 e. The second-order valence-electron chi connectivity index (χ2n) is 11.0. The van der Waals surface area contributed by atoms with Crippen LogP contribution >= 0.6 is 7.44 Å². The Morgan fingerprint density at radius 1 is 1.10 bits per heavy atom. The fourth-order valence-electron chi connectivity index (χ4n) is 3.81. The van der Waals surface area contributed by atoms with Crippen molar-refractivity contribution in [3.8, 4) is 0 Å². The highest BCUT2D eigenvalue weighted by Crippen LogP contribution is 2.40. The molecule has 0 spiro atoms. The Kier molecular flexibility index (Phi) is 12.9. The number of ether oxygens (including phenoxy) is 3. The number of hydrogen-bond acceptors (Lipinski definition) is 10. The van der Waals surface area contributed by atoms with Crippen LogP contribution < -0.4 is 15.9 Å². The SMILES string of the molecule is CCCCCCOC(=O)C(C)(C)N[P@](=O)(CO[C@H](C)Cn1cnc2c(N)ncnc21)N[C@H](C)C(=O)OCC(C)C. The number of nitrogens with one attached hydrogen (secondary N) is 2. The number of unbranched alkanes of at least 4 members (excludes halogenated alkanes) is 3. The second kappa shape index (κ2) is 15.4. The van der Waals surface area contributed by atoms with Gasteiger partial charge in [-0.15, -0.1) is 0 Å². The first-order valence-corrected chi connectivity index (χ1v) is 15.7. The first-order chi connectivity index (χ1) is 18.8. The molecule has 13 nitrogen and oxygen atoms in total. The average Bonchev–Trinajstić information content (AvgIpc) is 3.29. The predicted octanol–water partition coefficient (Wildman–Crippen LogP) is 3.63. The zero-order chi connectivity index (χ0) is 29.9. The molecule has 2 aromatic rings. The lowest BCUT2D eigenvalue weighted by Crippen LogP contribution is -2.50. The number of carbonyl (C=O) groups is 2. The van der Waals surface area contributed by atoms with Gasteiger partial charge in [-0.25, -0.2) is 25.1 Å². The normalized spacial score (nSPS) is 15.1. The summed E-state index contributed by atoms with van der Waals surface area (Å²) in [6.07, 6.45) is 6.04. The molecule has 2 aromatic heterocycles. The minimum absolute atomic E-state index is 0.149. The van der Waals surface area contributed by atoms with Crippen LogP contribution in [-0.4, -0.2) is 68.7 Å². The Morgan fingerprint density at radius 2 is 1.82 bits per heavy atom. The van der Waals surface area contributed by atoms with Gasteiger partial charge in [0.05, 0.1) is 32.2 Å². The number of esters is 2. The van der Waals surface area contributed by atoms with Crippen molar-refractivity contribution < 1.29 is 28.4 Å². The molecule has 0 unspecified atom stereocenters. The standard InChI is InChI=1S/C26H46N7O6P/c1-8-9-10-11-12-37-25(35)26(6,7)32-40(36,31-20(5)24(34)38-14-18(2)3)17-39-19(4)13-33-16-30-21-22(27)28-15-29-23(21)33/h15-16,18-20H,8-14,17H2,1-7H3,(H2,27,28,29)(H2,31,32,36)/t19-,20-,40+/m1/s1. The molecular formula is C26H46N7O6P. The van der Waals surface area contributed by atoms with Gasteiger partial charge in [0.2, 0.25) is 7.44 Å². The highest BCUT2D eigenvalue weighted by molar-refractivity contribution is 7.59. The third kappa shape index (κ3) is 10.4. The molecule has 0 aromatic carbocycles. The molecule has 226 valence electrons. The van der Waals surface area contributed by atoms with Crippen LogP contribution in [0.4, 0.5) is 5.82 Å². The lowest BCUT2D eigenvalue weighted by Gasteiger charge is -2.32. The van der Waals surface area contributed by atoms with E-state index in [9.17, 15) is 14.2 Å². The summed E-state index contributed by atoms with van der Waals surface area (Å²) in [5.74, 6) is -0.678. The molecule has 14 heteroatoms. The summed E-state index contributed by atoms with van der Waals surface area (Å²) in [5, 5.41) is 5.75. The van der Waals surface area contributed by atoms with E-state index in [1.54, 1.807) is 38.6 Å². The van der Waals surface area contributed by atoms with Crippen LogP contribution in [-0.2, 0) is 34.9 Å². The number of nitrogens with zero attached hydrogens (tertiary/aromatic N) is 4. The van der Waals surface area contributed by atoms with E-state index in [-0.39, 0.29) is 31.3 Å². The van der Waals surface area contributed by atoms with Crippen LogP contribution in [0.15, 0.2) is 12.7 Å². The van der Waals surface area contributed by atoms with Crippen LogP contribution in [0.1, 0.15) is 74.1 Å². The lowest BCUT2D eigenvalue weighted by molar-refractivity contribution is -0.149. The van der Waals surface area contributed by atoms with Crippen molar-refractivity contribution >= 4 is 36.4 Å². The van der Waals surface area contributed by atoms with Crippen LogP contribution in [0, 0.1) is 5.92 Å². The fraction of sp³-hybridized carbons (Fsp3) is 0.731. The first kappa shape index (κ1) is 33.6. The molecule has 0 saturated carbocycles. The van der Waals surface area contributed by atoms with Crippen LogP contribution in [0.2, 0.25) is 0 Å². The van der Waals surface area contributed by atoms with Crippen molar-refractivity contribution in [1.82, 2.24) is 29.7 Å². The van der Waals surface area contributed by atoms with Gasteiger partial charge in [0.15, 0.2) is 11.5 Å². The van der Waals surface area contributed by atoms with Gasteiger partial charge in [0, 0.05) is 0 Å². The number of imidazole rings is 1. The molecule has 0 aliphatic carbocycles. The molecule has 0 bridgehead atoms. The maximum atomic E-state index is 14.1. The third-order valence-corrected chi connectivity index (χ3v) is 8.18.